The van der Waals surface area contributed by atoms with E-state index in [1.54, 1.807) is 25.1 Å². The quantitative estimate of drug-likeness (QED) is 0.318. The molecule has 0 spiro atoms. The fourth-order valence-corrected chi connectivity index (χ4v) is 3.70. The molecule has 3 aromatic rings. The van der Waals surface area contributed by atoms with Crippen molar-refractivity contribution < 1.29 is 27.1 Å². The van der Waals surface area contributed by atoms with Crippen LogP contribution in [-0.4, -0.2) is 30.8 Å². The van der Waals surface area contributed by atoms with Crippen LogP contribution < -0.4 is 14.2 Å². The van der Waals surface area contributed by atoms with Gasteiger partial charge in [-0.05, 0) is 42.8 Å². The average Bonchev–Trinajstić information content (AvgIpc) is 2.72. The number of para-hydroxylation sites is 1. The number of benzene rings is 2. The van der Waals surface area contributed by atoms with Crippen LogP contribution >= 0.6 is 0 Å². The molecule has 1 aromatic heterocycles. The summed E-state index contributed by atoms with van der Waals surface area (Å²) in [6.07, 6.45) is 3.05. The predicted molar refractivity (Wildman–Crippen MR) is 110 cm³/mol. The van der Waals surface area contributed by atoms with Crippen LogP contribution in [0.3, 0.4) is 0 Å². The number of amides is 1. The van der Waals surface area contributed by atoms with E-state index in [-0.39, 0.29) is 18.1 Å². The third-order valence-corrected chi connectivity index (χ3v) is 5.19. The monoisotopic (exact) mass is 443 g/mol. The van der Waals surface area contributed by atoms with Crippen LogP contribution in [-0.2, 0) is 14.9 Å². The Balaban J connectivity index is 1.74. The second-order valence-corrected chi connectivity index (χ2v) is 7.83. The van der Waals surface area contributed by atoms with Crippen molar-refractivity contribution in [2.24, 2.45) is 0 Å². The molecule has 0 fully saturated rings. The van der Waals surface area contributed by atoms with Crippen molar-refractivity contribution >= 4 is 27.4 Å². The standard InChI is InChI=1S/C20H17N3O7S/c1-14-10-16(29-13-20(24)22-15-6-8-21-9-7-15)12-17(11-14)30-31(27,28)19-5-3-2-4-18(19)23(25)26/h2-12H,13H2,1H3,(H,21,22,24). The molecule has 0 atom stereocenters. The number of ether oxygens (including phenoxy) is 1. The van der Waals surface area contributed by atoms with Crippen molar-refractivity contribution in [2.75, 3.05) is 11.9 Å². The third-order valence-electron chi connectivity index (χ3n) is 3.90. The van der Waals surface area contributed by atoms with Crippen molar-refractivity contribution in [2.45, 2.75) is 11.8 Å². The summed E-state index contributed by atoms with van der Waals surface area (Å²) in [6, 6.07) is 12.4. The van der Waals surface area contributed by atoms with Gasteiger partial charge in [-0.3, -0.25) is 19.9 Å². The Morgan fingerprint density at radius 3 is 2.48 bits per heavy atom. The van der Waals surface area contributed by atoms with Crippen LogP contribution in [0.4, 0.5) is 11.4 Å². The van der Waals surface area contributed by atoms with E-state index in [1.807, 2.05) is 0 Å². The minimum absolute atomic E-state index is 0.109. The van der Waals surface area contributed by atoms with Gasteiger partial charge in [0.2, 0.25) is 0 Å². The molecule has 0 aliphatic rings. The highest BCUT2D eigenvalue weighted by atomic mass is 32.2. The summed E-state index contributed by atoms with van der Waals surface area (Å²) in [7, 11) is -4.48. The number of aromatic nitrogens is 1. The average molecular weight is 443 g/mol. The molecular formula is C20H17N3O7S. The highest BCUT2D eigenvalue weighted by molar-refractivity contribution is 7.87. The van der Waals surface area contributed by atoms with Crippen molar-refractivity contribution in [3.8, 4) is 11.5 Å². The second kappa shape index (κ2) is 9.22. The molecule has 1 N–H and O–H groups in total. The zero-order chi connectivity index (χ0) is 22.4. The largest absolute Gasteiger partial charge is 0.484 e. The molecule has 2 aromatic carbocycles. The van der Waals surface area contributed by atoms with E-state index in [2.05, 4.69) is 10.3 Å². The van der Waals surface area contributed by atoms with E-state index in [0.717, 1.165) is 12.1 Å². The van der Waals surface area contributed by atoms with Gasteiger partial charge in [0.05, 0.1) is 4.92 Å². The lowest BCUT2D eigenvalue weighted by Gasteiger charge is -2.11. The lowest BCUT2D eigenvalue weighted by atomic mass is 10.2. The van der Waals surface area contributed by atoms with Gasteiger partial charge in [0.1, 0.15) is 11.5 Å². The molecule has 0 bridgehead atoms. The number of nitrogens with one attached hydrogen (secondary N) is 1. The first kappa shape index (κ1) is 21.7. The molecule has 0 radical (unpaired) electrons. The molecule has 0 unspecified atom stereocenters. The van der Waals surface area contributed by atoms with Crippen LogP contribution in [0.5, 0.6) is 11.5 Å². The Kier molecular flexibility index (Phi) is 6.46. The molecule has 0 saturated heterocycles. The predicted octanol–water partition coefficient (Wildman–Crippen LogP) is 3.08. The minimum atomic E-state index is -4.48. The minimum Gasteiger partial charge on any atom is -0.484 e. The van der Waals surface area contributed by atoms with Gasteiger partial charge in [0.25, 0.3) is 11.6 Å². The maximum atomic E-state index is 12.6. The number of nitro benzene ring substituents is 1. The van der Waals surface area contributed by atoms with Crippen molar-refractivity contribution in [3.63, 3.8) is 0 Å². The SMILES string of the molecule is Cc1cc(OCC(=O)Nc2ccncc2)cc(OS(=O)(=O)c2ccccc2[N+](=O)[O-])c1. The number of hydrogen-bond acceptors (Lipinski definition) is 8. The van der Waals surface area contributed by atoms with Gasteiger partial charge in [-0.2, -0.15) is 8.42 Å². The molecule has 0 saturated carbocycles. The number of pyridine rings is 1. The summed E-state index contributed by atoms with van der Waals surface area (Å²) in [5, 5.41) is 13.8. The first-order valence-corrected chi connectivity index (χ1v) is 10.3. The molecule has 0 aliphatic carbocycles. The van der Waals surface area contributed by atoms with Crippen LogP contribution in [0.2, 0.25) is 0 Å². The molecule has 11 heteroatoms. The zero-order valence-electron chi connectivity index (χ0n) is 16.2. The molecule has 160 valence electrons. The van der Waals surface area contributed by atoms with E-state index in [9.17, 15) is 23.3 Å². The van der Waals surface area contributed by atoms with Gasteiger partial charge in [-0.15, -0.1) is 0 Å². The van der Waals surface area contributed by atoms with E-state index in [1.165, 1.54) is 36.7 Å². The van der Waals surface area contributed by atoms with E-state index in [4.69, 9.17) is 8.92 Å². The lowest BCUT2D eigenvalue weighted by molar-refractivity contribution is -0.387. The molecule has 1 amide bonds. The number of nitrogens with zero attached hydrogens (tertiary/aromatic N) is 2. The van der Waals surface area contributed by atoms with Gasteiger partial charge < -0.3 is 14.2 Å². The van der Waals surface area contributed by atoms with Gasteiger partial charge in [0.15, 0.2) is 11.5 Å². The van der Waals surface area contributed by atoms with Gasteiger partial charge in [-0.25, -0.2) is 0 Å². The van der Waals surface area contributed by atoms with E-state index < -0.39 is 31.5 Å². The summed E-state index contributed by atoms with van der Waals surface area (Å²) in [5.74, 6) is -0.344. The smallest absolute Gasteiger partial charge is 0.346 e. The summed E-state index contributed by atoms with van der Waals surface area (Å²) in [4.78, 5) is 25.6. The van der Waals surface area contributed by atoms with Crippen molar-refractivity contribution in [1.29, 1.82) is 0 Å². The Morgan fingerprint density at radius 2 is 1.77 bits per heavy atom. The first-order valence-electron chi connectivity index (χ1n) is 8.87. The number of carbonyl (C=O) groups excluding carboxylic acids is 1. The molecule has 0 aliphatic heterocycles. The van der Waals surface area contributed by atoms with Crippen molar-refractivity contribution in [3.05, 3.63) is 82.7 Å². The highest BCUT2D eigenvalue weighted by Gasteiger charge is 2.27. The Bertz CT molecular complexity index is 1210. The maximum absolute atomic E-state index is 12.6. The maximum Gasteiger partial charge on any atom is 0.346 e. The fraction of sp³-hybridized carbons (Fsp3) is 0.100. The number of hydrogen-bond donors (Lipinski definition) is 1. The van der Waals surface area contributed by atoms with Gasteiger partial charge >= 0.3 is 10.1 Å². The fourth-order valence-electron chi connectivity index (χ4n) is 2.62. The van der Waals surface area contributed by atoms with Crippen LogP contribution in [0.25, 0.3) is 0 Å². The molecular weight excluding hydrogens is 426 g/mol. The van der Waals surface area contributed by atoms with Crippen LogP contribution in [0.15, 0.2) is 71.9 Å². The molecule has 31 heavy (non-hydrogen) atoms. The first-order chi connectivity index (χ1) is 14.7. The molecule has 3 rings (SSSR count). The summed E-state index contributed by atoms with van der Waals surface area (Å²) >= 11 is 0. The van der Waals surface area contributed by atoms with Gasteiger partial charge in [-0.1, -0.05) is 12.1 Å². The Labute approximate surface area is 177 Å². The van der Waals surface area contributed by atoms with Crippen molar-refractivity contribution in [1.82, 2.24) is 4.98 Å². The van der Waals surface area contributed by atoms with E-state index >= 15 is 0 Å². The summed E-state index contributed by atoms with van der Waals surface area (Å²) < 4.78 is 35.7. The Morgan fingerprint density at radius 1 is 1.10 bits per heavy atom. The Hall–Kier alpha value is -3.99. The normalized spacial score (nSPS) is 10.9. The molecule has 10 nitrogen and oxygen atoms in total. The number of anilines is 1. The number of nitro groups is 1. The van der Waals surface area contributed by atoms with Gasteiger partial charge in [0, 0.05) is 30.2 Å². The second-order valence-electron chi connectivity index (χ2n) is 6.32. The highest BCUT2D eigenvalue weighted by Crippen LogP contribution is 2.29. The van der Waals surface area contributed by atoms with Crippen LogP contribution in [0, 0.1) is 17.0 Å². The number of carbonyl (C=O) groups is 1. The third kappa shape index (κ3) is 5.76. The summed E-state index contributed by atoms with van der Waals surface area (Å²) in [5.41, 5.74) is 0.548. The zero-order valence-corrected chi connectivity index (χ0v) is 17.0. The topological polar surface area (TPSA) is 138 Å². The van der Waals surface area contributed by atoms with E-state index in [0.29, 0.717) is 11.3 Å². The number of aryl methyl sites for hydroxylation is 1. The lowest BCUT2D eigenvalue weighted by Crippen LogP contribution is -2.20. The summed E-state index contributed by atoms with van der Waals surface area (Å²) in [6.45, 7) is 1.34. The number of rotatable bonds is 8. The van der Waals surface area contributed by atoms with Crippen LogP contribution in [0.1, 0.15) is 5.56 Å². The molecule has 1 heterocycles.